The summed E-state index contributed by atoms with van der Waals surface area (Å²) >= 11 is 0. The monoisotopic (exact) mass is 127 g/mol. The highest BCUT2D eigenvalue weighted by molar-refractivity contribution is 6.11. The van der Waals surface area contributed by atoms with Crippen LogP contribution in [0.2, 0.25) is 0 Å². The molecule has 2 radical (unpaired) electrons. The molecule has 2 unspecified atom stereocenters. The van der Waals surface area contributed by atoms with Crippen molar-refractivity contribution >= 4 is 13.6 Å². The third kappa shape index (κ3) is 4.18. The summed E-state index contributed by atoms with van der Waals surface area (Å²) in [5.74, 6) is -0.0630. The van der Waals surface area contributed by atoms with Gasteiger partial charge in [-0.05, 0) is 6.92 Å². The first kappa shape index (κ1) is 8.65. The summed E-state index contributed by atoms with van der Waals surface area (Å²) in [6, 6.07) is -1.71. The average Bonchev–Trinajstić information content (AvgIpc) is 1.63. The minimum Gasteiger partial charge on any atom is -0.401 e. The third-order valence-electron chi connectivity index (χ3n) is 0.962. The van der Waals surface area contributed by atoms with Crippen molar-refractivity contribution in [3.8, 4) is 0 Å². The second kappa shape index (κ2) is 3.64. The number of hydrogen-bond donors (Lipinski definition) is 2. The van der Waals surface area contributed by atoms with E-state index in [1.54, 1.807) is 0 Å². The van der Waals surface area contributed by atoms with Crippen LogP contribution in [0, 0.1) is 0 Å². The van der Waals surface area contributed by atoms with Crippen LogP contribution in [0.15, 0.2) is 0 Å². The Labute approximate surface area is 55.6 Å². The maximum Gasteiger partial charge on any atom is 0.131 e. The fourth-order valence-corrected chi connectivity index (χ4v) is 0.453. The van der Waals surface area contributed by atoms with E-state index >= 15 is 0 Å². The first-order chi connectivity index (χ1) is 4.04. The molecule has 0 aromatic carbocycles. The molecular formula is C5H10BNO2. The molecule has 0 fully saturated rings. The molecule has 0 aromatic heterocycles. The van der Waals surface area contributed by atoms with Crippen molar-refractivity contribution in [1.29, 1.82) is 0 Å². The van der Waals surface area contributed by atoms with Crippen molar-refractivity contribution in [2.75, 3.05) is 0 Å². The summed E-state index contributed by atoms with van der Waals surface area (Å²) in [4.78, 5) is 10.3. The maximum absolute atomic E-state index is 10.3. The Kier molecular flexibility index (Phi) is 3.50. The van der Waals surface area contributed by atoms with Gasteiger partial charge in [-0.1, -0.05) is 0 Å². The quantitative estimate of drug-likeness (QED) is 0.467. The topological polar surface area (TPSA) is 63.3 Å². The van der Waals surface area contributed by atoms with Crippen LogP contribution in [0.4, 0.5) is 0 Å². The van der Waals surface area contributed by atoms with Gasteiger partial charge in [0, 0.05) is 18.5 Å². The predicted octanol–water partition coefficient (Wildman–Crippen LogP) is -1.22. The number of carbonyl (C=O) groups excluding carboxylic acids is 1. The number of aliphatic hydroxyl groups excluding tert-OH is 1. The number of carbonyl (C=O) groups is 1. The largest absolute Gasteiger partial charge is 0.401 e. The second-order valence-corrected chi connectivity index (χ2v) is 2.06. The highest BCUT2D eigenvalue weighted by atomic mass is 16.3. The number of hydrogen-bond acceptors (Lipinski definition) is 3. The highest BCUT2D eigenvalue weighted by Gasteiger charge is 2.09. The lowest BCUT2D eigenvalue weighted by molar-refractivity contribution is -0.117. The van der Waals surface area contributed by atoms with E-state index in [1.165, 1.54) is 6.92 Å². The molecule has 3 N–H and O–H groups in total. The molecule has 0 aliphatic carbocycles. The van der Waals surface area contributed by atoms with E-state index in [4.69, 9.17) is 18.7 Å². The Morgan fingerprint density at radius 1 is 1.89 bits per heavy atom. The van der Waals surface area contributed by atoms with Crippen LogP contribution >= 0.6 is 0 Å². The first-order valence-corrected chi connectivity index (χ1v) is 2.72. The molecule has 0 aliphatic heterocycles. The molecule has 0 heterocycles. The van der Waals surface area contributed by atoms with Gasteiger partial charge in [-0.25, -0.2) is 0 Å². The van der Waals surface area contributed by atoms with Crippen molar-refractivity contribution in [3.63, 3.8) is 0 Å². The molecule has 0 rings (SSSR count). The molecule has 0 saturated carbocycles. The van der Waals surface area contributed by atoms with Crippen molar-refractivity contribution in [2.24, 2.45) is 5.73 Å². The van der Waals surface area contributed by atoms with Crippen molar-refractivity contribution < 1.29 is 9.90 Å². The number of nitrogens with two attached hydrogens (primary N) is 1. The zero-order valence-electron chi connectivity index (χ0n) is 5.37. The molecule has 0 saturated heterocycles. The third-order valence-corrected chi connectivity index (χ3v) is 0.962. The normalized spacial score (nSPS) is 16.8. The standard InChI is InChI=1S/C5H10BNO2/c1-3(8)2-4(7)5(6)9/h4-5,9H,2,7H2,1H3. The Morgan fingerprint density at radius 3 is 2.44 bits per heavy atom. The summed E-state index contributed by atoms with van der Waals surface area (Å²) in [6.45, 7) is 1.40. The molecular weight excluding hydrogens is 117 g/mol. The SMILES string of the molecule is [B]C(O)C(N)CC(C)=O. The minimum absolute atomic E-state index is 0.0630. The first-order valence-electron chi connectivity index (χ1n) is 2.72. The van der Waals surface area contributed by atoms with Gasteiger partial charge in [0.25, 0.3) is 0 Å². The van der Waals surface area contributed by atoms with E-state index in [2.05, 4.69) is 0 Å². The van der Waals surface area contributed by atoms with Crippen LogP contribution in [-0.4, -0.2) is 30.8 Å². The van der Waals surface area contributed by atoms with Gasteiger partial charge < -0.3 is 10.8 Å². The van der Waals surface area contributed by atoms with E-state index in [1.807, 2.05) is 0 Å². The Balaban J connectivity index is 3.50. The highest BCUT2D eigenvalue weighted by Crippen LogP contribution is 1.92. The summed E-state index contributed by atoms with van der Waals surface area (Å²) in [6.07, 6.45) is 0.137. The number of Topliss-reactive ketones (excluding diaryl/α,β-unsaturated/α-hetero) is 1. The van der Waals surface area contributed by atoms with Crippen molar-refractivity contribution in [3.05, 3.63) is 0 Å². The Morgan fingerprint density at radius 2 is 2.33 bits per heavy atom. The Hall–Kier alpha value is -0.345. The summed E-state index contributed by atoms with van der Waals surface area (Å²) in [5, 5.41) is 8.57. The van der Waals surface area contributed by atoms with E-state index in [-0.39, 0.29) is 12.2 Å². The lowest BCUT2D eigenvalue weighted by Gasteiger charge is -2.11. The van der Waals surface area contributed by atoms with Crippen LogP contribution in [-0.2, 0) is 4.79 Å². The molecule has 9 heavy (non-hydrogen) atoms. The molecule has 0 aliphatic rings. The lowest BCUT2D eigenvalue weighted by Crippen LogP contribution is -2.36. The summed E-state index contributed by atoms with van der Waals surface area (Å²) < 4.78 is 0. The van der Waals surface area contributed by atoms with Gasteiger partial charge in [0.2, 0.25) is 0 Å². The number of rotatable bonds is 3. The fraction of sp³-hybridized carbons (Fsp3) is 0.800. The molecule has 2 atom stereocenters. The molecule has 4 heteroatoms. The van der Waals surface area contributed by atoms with E-state index in [9.17, 15) is 4.79 Å². The van der Waals surface area contributed by atoms with Gasteiger partial charge in [0.15, 0.2) is 0 Å². The van der Waals surface area contributed by atoms with Gasteiger partial charge in [-0.3, -0.25) is 4.79 Å². The second-order valence-electron chi connectivity index (χ2n) is 2.06. The summed E-state index contributed by atoms with van der Waals surface area (Å²) in [7, 11) is 4.96. The van der Waals surface area contributed by atoms with Gasteiger partial charge in [-0.15, -0.1) is 0 Å². The lowest BCUT2D eigenvalue weighted by atomic mass is 9.90. The minimum atomic E-state index is -1.09. The molecule has 0 amide bonds. The molecule has 50 valence electrons. The van der Waals surface area contributed by atoms with Crippen LogP contribution in [0.25, 0.3) is 0 Å². The number of ketones is 1. The van der Waals surface area contributed by atoms with Gasteiger partial charge in [-0.2, -0.15) is 0 Å². The molecule has 0 aromatic rings. The van der Waals surface area contributed by atoms with Crippen LogP contribution < -0.4 is 5.73 Å². The van der Waals surface area contributed by atoms with E-state index in [0.29, 0.717) is 0 Å². The maximum atomic E-state index is 10.3. The van der Waals surface area contributed by atoms with E-state index in [0.717, 1.165) is 0 Å². The van der Waals surface area contributed by atoms with Crippen LogP contribution in [0.1, 0.15) is 13.3 Å². The van der Waals surface area contributed by atoms with Gasteiger partial charge >= 0.3 is 0 Å². The Bertz CT molecular complexity index is 105. The smallest absolute Gasteiger partial charge is 0.131 e. The zero-order chi connectivity index (χ0) is 7.44. The molecule has 0 spiro atoms. The summed E-state index contributed by atoms with van der Waals surface area (Å²) in [5.41, 5.74) is 5.22. The predicted molar refractivity (Wildman–Crippen MR) is 35.0 cm³/mol. The fourth-order valence-electron chi connectivity index (χ4n) is 0.453. The van der Waals surface area contributed by atoms with Gasteiger partial charge in [0.1, 0.15) is 13.6 Å². The zero-order valence-corrected chi connectivity index (χ0v) is 5.37. The number of aliphatic hydroxyl groups is 1. The van der Waals surface area contributed by atoms with Crippen molar-refractivity contribution in [2.45, 2.75) is 25.4 Å². The van der Waals surface area contributed by atoms with E-state index < -0.39 is 12.0 Å². The van der Waals surface area contributed by atoms with Crippen molar-refractivity contribution in [1.82, 2.24) is 0 Å². The molecule has 3 nitrogen and oxygen atoms in total. The van der Waals surface area contributed by atoms with Crippen LogP contribution in [0.5, 0.6) is 0 Å². The van der Waals surface area contributed by atoms with Gasteiger partial charge in [0.05, 0.1) is 0 Å². The molecule has 0 bridgehead atoms. The van der Waals surface area contributed by atoms with Crippen LogP contribution in [0.3, 0.4) is 0 Å². The average molecular weight is 127 g/mol.